The van der Waals surface area contributed by atoms with Crippen LogP contribution in [0.4, 0.5) is 0 Å². The van der Waals surface area contributed by atoms with E-state index in [-0.39, 0.29) is 54.8 Å². The highest BCUT2D eigenvalue weighted by Crippen LogP contribution is 2.45. The Hall–Kier alpha value is -4.93. The molecule has 0 radical (unpaired) electrons. The van der Waals surface area contributed by atoms with Crippen LogP contribution in [0.5, 0.6) is 5.75 Å². The predicted molar refractivity (Wildman–Crippen MR) is 155 cm³/mol. The van der Waals surface area contributed by atoms with Crippen LogP contribution in [-0.4, -0.2) is 68.9 Å². The smallest absolute Gasteiger partial charge is 0.236 e. The van der Waals surface area contributed by atoms with Gasteiger partial charge in [0.25, 0.3) is 0 Å². The van der Waals surface area contributed by atoms with Crippen LogP contribution in [0.1, 0.15) is 15.9 Å². The van der Waals surface area contributed by atoms with Gasteiger partial charge in [0.2, 0.25) is 11.8 Å². The molecule has 0 spiro atoms. The van der Waals surface area contributed by atoms with Crippen LogP contribution in [0, 0.1) is 11.8 Å². The zero-order valence-corrected chi connectivity index (χ0v) is 32.9. The summed E-state index contributed by atoms with van der Waals surface area (Å²) in [5, 5.41) is 157. The lowest BCUT2D eigenvalue weighted by Crippen LogP contribution is -2.37. The summed E-state index contributed by atoms with van der Waals surface area (Å²) in [6.07, 6.45) is 3.19. The Balaban J connectivity index is 0.000000290. The fourth-order valence-electron chi connectivity index (χ4n) is 4.69. The lowest BCUT2D eigenvalue weighted by Gasteiger charge is -2.17. The molecule has 48 nitrogen and oxygen atoms in total. The van der Waals surface area contributed by atoms with E-state index < -0.39 is 0 Å². The molecule has 4 atom stereocenters. The van der Waals surface area contributed by atoms with Crippen LogP contribution in [0.3, 0.4) is 0 Å². The van der Waals surface area contributed by atoms with Gasteiger partial charge < -0.3 is 9.47 Å². The fraction of sp³-hybridized carbons (Fsp3) is 0.261. The first-order valence-corrected chi connectivity index (χ1v) is 16.4. The van der Waals surface area contributed by atoms with Gasteiger partial charge in [0, 0.05) is 41.4 Å². The van der Waals surface area contributed by atoms with Gasteiger partial charge in [-0.15, -0.1) is 0 Å². The van der Waals surface area contributed by atoms with E-state index in [0.717, 1.165) is 0 Å². The summed E-state index contributed by atoms with van der Waals surface area (Å²) in [4.78, 5) is 38.9. The third kappa shape index (κ3) is 25.8. The van der Waals surface area contributed by atoms with Crippen molar-refractivity contribution in [2.24, 2.45) is 11.8 Å². The number of amides is 2. The average molecular weight is 1070 g/mol. The predicted octanol–water partition coefficient (Wildman–Crippen LogP) is -0.330. The molecule has 402 valence electrons. The van der Waals surface area contributed by atoms with E-state index in [9.17, 15) is 14.4 Å². The second kappa shape index (κ2) is 40.6. The lowest BCUT2D eigenvalue weighted by molar-refractivity contribution is -0.896. The van der Waals surface area contributed by atoms with Crippen LogP contribution in [-0.2, 0) is 206 Å². The number of rotatable bonds is 42. The van der Waals surface area contributed by atoms with E-state index in [1.165, 1.54) is 4.90 Å². The molecule has 0 aliphatic carbocycles. The van der Waals surface area contributed by atoms with Gasteiger partial charge >= 0.3 is 0 Å². The van der Waals surface area contributed by atoms with Gasteiger partial charge in [0.15, 0.2) is 5.78 Å². The summed E-state index contributed by atoms with van der Waals surface area (Å²) < 4.78 is 11.3. The molecule has 2 fully saturated rings. The number of hydrogen-bond acceptors (Lipinski definition) is 47. The second-order valence-corrected chi connectivity index (χ2v) is 10.0. The normalized spacial score (nSPS) is 17.5. The number of carbonyl (C=O) groups excluding carboxylic acids is 3. The van der Waals surface area contributed by atoms with E-state index >= 15 is 0 Å². The molecule has 0 saturated carbocycles. The Morgan fingerprint density at radius 2 is 0.690 bits per heavy atom. The molecular weight excluding hydrogens is 1040 g/mol. The number of imide groups is 1. The number of fused-ring (bicyclic) bond motifs is 5. The summed E-state index contributed by atoms with van der Waals surface area (Å²) in [7, 11) is 0. The molecule has 0 aromatic heterocycles. The van der Waals surface area contributed by atoms with Gasteiger partial charge in [0.05, 0.1) is 30.6 Å². The largest absolute Gasteiger partial charge is 0.492 e. The van der Waals surface area contributed by atoms with Crippen molar-refractivity contribution in [1.82, 2.24) is 4.90 Å². The van der Waals surface area contributed by atoms with Crippen molar-refractivity contribution in [3.8, 4) is 5.75 Å². The Morgan fingerprint density at radius 1 is 0.408 bits per heavy atom. The monoisotopic (exact) mass is 1060 g/mol. The van der Waals surface area contributed by atoms with Gasteiger partial charge in [-0.1, -0.05) is 42.5 Å². The molecule has 2 amide bonds. The summed E-state index contributed by atoms with van der Waals surface area (Å²) in [6, 6.07) is 15.9. The van der Waals surface area contributed by atoms with Crippen LogP contribution >= 0.6 is 0 Å². The summed E-state index contributed by atoms with van der Waals surface area (Å²) >= 11 is 0. The molecule has 3 heterocycles. The molecular formula is C23H23NO47. The molecule has 2 saturated heterocycles. The van der Waals surface area contributed by atoms with E-state index in [0.29, 0.717) is 16.9 Å². The fourth-order valence-corrected chi connectivity index (χ4v) is 4.69. The quantitative estimate of drug-likeness (QED) is 0.0165. The highest BCUT2D eigenvalue weighted by atomic mass is 18.0. The second-order valence-electron chi connectivity index (χ2n) is 10.0. The van der Waals surface area contributed by atoms with E-state index in [1.807, 2.05) is 30.4 Å². The molecule has 3 aliphatic heterocycles. The molecule has 3 aliphatic rings. The maximum absolute atomic E-state index is 12.6. The topological polar surface area (TPSA) is 505 Å². The standard InChI is InChI=1S/C23H19NO5.H2O22.H2O20/c25-21(14-4-2-1-3-5-14)15-6-8-16(9-7-15)28-13-12-24-22(26)19-17-10-11-18(29-17)20(19)23(24)27;1-3-5-7-9-11-13-15-17-19-21-22-20-18-16-14-12-10-8-6-4-2;1-3-5-7-9-11-13-15-17-19-20-18-16-14-12-10-8-6-4-2/h1-11,17-20H,12-13H2;1-2H;1-2H. The zero-order chi connectivity index (χ0) is 50.8. The molecule has 5 rings (SSSR count). The van der Waals surface area contributed by atoms with Crippen LogP contribution in [0.15, 0.2) is 66.7 Å². The number of benzene rings is 2. The lowest BCUT2D eigenvalue weighted by atomic mass is 9.85. The molecule has 2 aromatic rings. The molecule has 4 N–H and O–H groups in total. The minimum atomic E-state index is -0.388. The molecule has 2 bridgehead atoms. The van der Waals surface area contributed by atoms with Gasteiger partial charge in [0.1, 0.15) is 12.4 Å². The van der Waals surface area contributed by atoms with Crippen LogP contribution < -0.4 is 4.74 Å². The van der Waals surface area contributed by atoms with Gasteiger partial charge in [-0.05, 0) is 185 Å². The Bertz CT molecular complexity index is 1590. The molecule has 2 aromatic carbocycles. The molecule has 48 heteroatoms. The summed E-state index contributed by atoms with van der Waals surface area (Å²) in [5.41, 5.74) is 1.20. The Labute approximate surface area is 380 Å². The number of carbonyl (C=O) groups is 3. The Kier molecular flexibility index (Phi) is 34.6. The highest BCUT2D eigenvalue weighted by Gasteiger charge is 2.60. The first kappa shape index (κ1) is 60.4. The number of ketones is 1. The number of nitrogens with zero attached hydrogens (tertiary/aromatic N) is 1. The zero-order valence-electron chi connectivity index (χ0n) is 32.9. The van der Waals surface area contributed by atoms with E-state index in [1.54, 1.807) is 36.4 Å². The minimum Gasteiger partial charge on any atom is -0.492 e. The minimum absolute atomic E-state index is 0.0533. The number of likely N-dealkylation sites (tertiary alicyclic amines) is 1. The summed E-state index contributed by atoms with van der Waals surface area (Å²) in [5.74, 6) is -0.601. The van der Waals surface area contributed by atoms with Gasteiger partial charge in [-0.25, -0.2) is 21.0 Å². The third-order valence-electron chi connectivity index (χ3n) is 6.75. The first-order chi connectivity index (χ1) is 35.0. The van der Waals surface area contributed by atoms with Crippen molar-refractivity contribution in [1.29, 1.82) is 0 Å². The number of ether oxygens (including phenoxy) is 2. The molecule has 4 unspecified atom stereocenters. The van der Waals surface area contributed by atoms with Crippen LogP contribution in [0.25, 0.3) is 0 Å². The van der Waals surface area contributed by atoms with Crippen molar-refractivity contribution in [2.45, 2.75) is 12.2 Å². The maximum Gasteiger partial charge on any atom is 0.236 e. The highest BCUT2D eigenvalue weighted by molar-refractivity contribution is 6.09. The maximum atomic E-state index is 12.6. The van der Waals surface area contributed by atoms with Crippen LogP contribution in [0.2, 0.25) is 0 Å². The van der Waals surface area contributed by atoms with E-state index in [4.69, 9.17) is 30.5 Å². The van der Waals surface area contributed by atoms with Gasteiger partial charge in [-0.3, -0.25) is 19.3 Å². The Morgan fingerprint density at radius 3 is 0.986 bits per heavy atom. The van der Waals surface area contributed by atoms with Crippen molar-refractivity contribution in [3.05, 3.63) is 77.9 Å². The van der Waals surface area contributed by atoms with Crippen molar-refractivity contribution >= 4 is 17.6 Å². The van der Waals surface area contributed by atoms with Crippen molar-refractivity contribution < 1.29 is 236 Å². The SMILES string of the molecule is O=C(c1ccccc1)c1ccc(OCCN2C(=O)C3C4C=CC(O4)C3C2=O)cc1.OOOOOOOOOOOOOOOOOOOO.OOOOOOOOOOOOOOOOOOOOOO. The average Bonchev–Trinajstić information content (AvgIpc) is 4.09. The van der Waals surface area contributed by atoms with Crippen molar-refractivity contribution in [2.75, 3.05) is 13.2 Å². The third-order valence-corrected chi connectivity index (χ3v) is 6.75. The first-order valence-electron chi connectivity index (χ1n) is 16.4. The number of hydrogen-bond donors (Lipinski definition) is 4. The van der Waals surface area contributed by atoms with E-state index in [2.05, 4.69) is 191 Å². The molecule has 71 heavy (non-hydrogen) atoms. The van der Waals surface area contributed by atoms with Gasteiger partial charge in [-0.2, -0.15) is 0 Å². The van der Waals surface area contributed by atoms with Crippen molar-refractivity contribution in [3.63, 3.8) is 0 Å². The summed E-state index contributed by atoms with van der Waals surface area (Å²) in [6.45, 7) is 0.404.